The summed E-state index contributed by atoms with van der Waals surface area (Å²) in [7, 11) is 1.75. The SMILES string of the molecule is Cn1nnnc1SCC(=O)N(C[C@H]1CCCO1)c1nc(-c2ccc(Br)cc2)cs1. The number of tetrazole rings is 1. The van der Waals surface area contributed by atoms with E-state index in [2.05, 4.69) is 31.5 Å². The van der Waals surface area contributed by atoms with Crippen LogP contribution < -0.4 is 4.90 Å². The fourth-order valence-electron chi connectivity index (χ4n) is 2.97. The van der Waals surface area contributed by atoms with Crippen LogP contribution in [0.3, 0.4) is 0 Å². The van der Waals surface area contributed by atoms with Gasteiger partial charge in [0.15, 0.2) is 5.13 Å². The summed E-state index contributed by atoms with van der Waals surface area (Å²) in [6.45, 7) is 1.25. The van der Waals surface area contributed by atoms with Gasteiger partial charge in [0.1, 0.15) is 0 Å². The van der Waals surface area contributed by atoms with Crippen LogP contribution in [-0.2, 0) is 16.6 Å². The summed E-state index contributed by atoms with van der Waals surface area (Å²) in [5, 5.41) is 14.6. The Hall–Kier alpha value is -1.82. The summed E-state index contributed by atoms with van der Waals surface area (Å²) in [4.78, 5) is 19.5. The molecule has 3 aromatic rings. The van der Waals surface area contributed by atoms with E-state index in [1.54, 1.807) is 16.6 Å². The monoisotopic (exact) mass is 494 g/mol. The van der Waals surface area contributed by atoms with Gasteiger partial charge in [0.25, 0.3) is 0 Å². The topological polar surface area (TPSA) is 86.0 Å². The summed E-state index contributed by atoms with van der Waals surface area (Å²) in [6, 6.07) is 7.97. The first-order valence-electron chi connectivity index (χ1n) is 9.09. The predicted octanol–water partition coefficient (Wildman–Crippen LogP) is 3.40. The summed E-state index contributed by atoms with van der Waals surface area (Å²) in [5.74, 6) is 0.193. The van der Waals surface area contributed by atoms with Gasteiger partial charge in [-0.05, 0) is 35.4 Å². The number of carbonyl (C=O) groups is 1. The van der Waals surface area contributed by atoms with Crippen molar-refractivity contribution >= 4 is 50.1 Å². The van der Waals surface area contributed by atoms with Crippen LogP contribution in [0.5, 0.6) is 0 Å². The molecule has 0 bridgehead atoms. The van der Waals surface area contributed by atoms with E-state index < -0.39 is 0 Å². The summed E-state index contributed by atoms with van der Waals surface area (Å²) >= 11 is 6.23. The smallest absolute Gasteiger partial charge is 0.239 e. The van der Waals surface area contributed by atoms with Crippen LogP contribution in [0.2, 0.25) is 0 Å². The first-order valence-corrected chi connectivity index (χ1v) is 11.7. The number of halogens is 1. The lowest BCUT2D eigenvalue weighted by Crippen LogP contribution is -2.38. The highest BCUT2D eigenvalue weighted by atomic mass is 79.9. The zero-order valence-corrected chi connectivity index (χ0v) is 18.9. The van der Waals surface area contributed by atoms with Crippen molar-refractivity contribution in [3.63, 3.8) is 0 Å². The Kier molecular flexibility index (Phi) is 6.58. The van der Waals surface area contributed by atoms with Crippen LogP contribution in [0.15, 0.2) is 39.3 Å². The fourth-order valence-corrected chi connectivity index (χ4v) is 4.82. The van der Waals surface area contributed by atoms with E-state index in [1.165, 1.54) is 23.1 Å². The number of amides is 1. The summed E-state index contributed by atoms with van der Waals surface area (Å²) in [6.07, 6.45) is 2.02. The van der Waals surface area contributed by atoms with Crippen molar-refractivity contribution in [2.24, 2.45) is 7.05 Å². The van der Waals surface area contributed by atoms with Gasteiger partial charge < -0.3 is 4.74 Å². The van der Waals surface area contributed by atoms with E-state index in [0.29, 0.717) is 16.8 Å². The molecule has 1 aromatic carbocycles. The van der Waals surface area contributed by atoms with E-state index in [9.17, 15) is 4.79 Å². The molecule has 0 saturated carbocycles. The molecular formula is C18H19BrN6O2S2. The molecule has 3 heterocycles. The average molecular weight is 495 g/mol. The highest BCUT2D eigenvalue weighted by Gasteiger charge is 2.26. The molecule has 1 amide bonds. The van der Waals surface area contributed by atoms with E-state index in [0.717, 1.165) is 35.2 Å². The van der Waals surface area contributed by atoms with Crippen molar-refractivity contribution in [3.8, 4) is 11.3 Å². The van der Waals surface area contributed by atoms with Crippen molar-refractivity contribution in [2.75, 3.05) is 23.8 Å². The Balaban J connectivity index is 1.52. The molecule has 29 heavy (non-hydrogen) atoms. The number of thiazole rings is 1. The molecular weight excluding hydrogens is 476 g/mol. The number of thioether (sulfide) groups is 1. The highest BCUT2D eigenvalue weighted by molar-refractivity contribution is 9.10. The Morgan fingerprint density at radius 1 is 1.41 bits per heavy atom. The molecule has 152 valence electrons. The van der Waals surface area contributed by atoms with Crippen molar-refractivity contribution in [1.82, 2.24) is 25.2 Å². The van der Waals surface area contributed by atoms with Crippen LogP contribution in [-0.4, -0.2) is 56.1 Å². The zero-order valence-electron chi connectivity index (χ0n) is 15.7. The molecule has 0 N–H and O–H groups in total. The lowest BCUT2D eigenvalue weighted by molar-refractivity contribution is -0.116. The Morgan fingerprint density at radius 2 is 2.24 bits per heavy atom. The van der Waals surface area contributed by atoms with Crippen LogP contribution in [0.1, 0.15) is 12.8 Å². The predicted molar refractivity (Wildman–Crippen MR) is 116 cm³/mol. The van der Waals surface area contributed by atoms with Gasteiger partial charge in [0, 0.05) is 29.1 Å². The quantitative estimate of drug-likeness (QED) is 0.465. The minimum Gasteiger partial charge on any atom is -0.376 e. The zero-order chi connectivity index (χ0) is 20.2. The van der Waals surface area contributed by atoms with Gasteiger partial charge in [0.2, 0.25) is 11.1 Å². The molecule has 1 saturated heterocycles. The van der Waals surface area contributed by atoms with E-state index >= 15 is 0 Å². The molecule has 0 unspecified atom stereocenters. The summed E-state index contributed by atoms with van der Waals surface area (Å²) < 4.78 is 8.33. The molecule has 0 spiro atoms. The number of aryl methyl sites for hydroxylation is 1. The molecule has 1 atom stereocenters. The molecule has 2 aromatic heterocycles. The lowest BCUT2D eigenvalue weighted by atomic mass is 10.2. The van der Waals surface area contributed by atoms with Gasteiger partial charge >= 0.3 is 0 Å². The Morgan fingerprint density at radius 3 is 2.93 bits per heavy atom. The maximum absolute atomic E-state index is 13.1. The second kappa shape index (κ2) is 9.33. The highest BCUT2D eigenvalue weighted by Crippen LogP contribution is 2.30. The fraction of sp³-hybridized carbons (Fsp3) is 0.389. The van der Waals surface area contributed by atoms with E-state index in [-0.39, 0.29) is 17.8 Å². The van der Waals surface area contributed by atoms with Gasteiger partial charge in [0.05, 0.1) is 24.1 Å². The number of nitrogens with zero attached hydrogens (tertiary/aromatic N) is 6. The number of hydrogen-bond donors (Lipinski definition) is 0. The number of benzene rings is 1. The van der Waals surface area contributed by atoms with Gasteiger partial charge in [-0.2, -0.15) is 0 Å². The number of rotatable bonds is 7. The van der Waals surface area contributed by atoms with Gasteiger partial charge in [-0.3, -0.25) is 9.69 Å². The number of hydrogen-bond acceptors (Lipinski definition) is 8. The number of anilines is 1. The lowest BCUT2D eigenvalue weighted by Gasteiger charge is -2.22. The molecule has 8 nitrogen and oxygen atoms in total. The van der Waals surface area contributed by atoms with Gasteiger partial charge in [-0.25, -0.2) is 9.67 Å². The van der Waals surface area contributed by atoms with Crippen molar-refractivity contribution in [1.29, 1.82) is 0 Å². The van der Waals surface area contributed by atoms with Gasteiger partial charge in [-0.15, -0.1) is 16.4 Å². The standard InChI is InChI=1S/C18H19BrN6O2S2/c1-24-18(21-22-23-24)29-11-16(26)25(9-14-3-2-8-27-14)17-20-15(10-28-17)12-4-6-13(19)7-5-12/h4-7,10,14H,2-3,8-9,11H2,1H3/t14-/m1/s1. The number of ether oxygens (including phenoxy) is 1. The minimum atomic E-state index is -0.0368. The van der Waals surface area contributed by atoms with Gasteiger partial charge in [-0.1, -0.05) is 39.8 Å². The molecule has 0 aliphatic carbocycles. The summed E-state index contributed by atoms with van der Waals surface area (Å²) in [5.41, 5.74) is 1.87. The third-order valence-corrected chi connectivity index (χ3v) is 6.87. The maximum Gasteiger partial charge on any atom is 0.239 e. The van der Waals surface area contributed by atoms with Crippen molar-refractivity contribution in [2.45, 2.75) is 24.1 Å². The second-order valence-electron chi connectivity index (χ2n) is 6.54. The second-order valence-corrected chi connectivity index (χ2v) is 9.23. The van der Waals surface area contributed by atoms with E-state index in [4.69, 9.17) is 9.72 Å². The maximum atomic E-state index is 13.1. The van der Waals surface area contributed by atoms with Crippen LogP contribution >= 0.6 is 39.0 Å². The van der Waals surface area contributed by atoms with Crippen molar-refractivity contribution in [3.05, 3.63) is 34.1 Å². The van der Waals surface area contributed by atoms with Crippen LogP contribution in [0.4, 0.5) is 5.13 Å². The largest absolute Gasteiger partial charge is 0.376 e. The first-order chi connectivity index (χ1) is 14.1. The third kappa shape index (κ3) is 5.03. The molecule has 4 rings (SSSR count). The minimum absolute atomic E-state index is 0.0368. The Bertz CT molecular complexity index is 971. The molecule has 1 aliphatic heterocycles. The third-order valence-electron chi connectivity index (χ3n) is 4.48. The normalized spacial score (nSPS) is 16.3. The number of aromatic nitrogens is 5. The molecule has 1 fully saturated rings. The van der Waals surface area contributed by atoms with E-state index in [1.807, 2.05) is 29.6 Å². The molecule has 1 aliphatic rings. The molecule has 11 heteroatoms. The van der Waals surface area contributed by atoms with Crippen molar-refractivity contribution < 1.29 is 9.53 Å². The molecule has 0 radical (unpaired) electrons. The van der Waals surface area contributed by atoms with Crippen LogP contribution in [0, 0.1) is 0 Å². The Labute approximate surface area is 184 Å². The number of carbonyl (C=O) groups excluding carboxylic acids is 1. The first kappa shape index (κ1) is 20.5. The average Bonchev–Trinajstić information content (AvgIpc) is 3.47. The van der Waals surface area contributed by atoms with Crippen LogP contribution in [0.25, 0.3) is 11.3 Å².